The molecule has 0 saturated carbocycles. The van der Waals surface area contributed by atoms with Gasteiger partial charge in [-0.05, 0) is 51.3 Å². The van der Waals surface area contributed by atoms with Gasteiger partial charge in [-0.15, -0.1) is 0 Å². The summed E-state index contributed by atoms with van der Waals surface area (Å²) in [6.45, 7) is 0.457. The molecular formula is C16H13BrO4. The first-order chi connectivity index (χ1) is 10.2. The van der Waals surface area contributed by atoms with Crippen LogP contribution in [-0.4, -0.2) is 24.7 Å². The van der Waals surface area contributed by atoms with Gasteiger partial charge < -0.3 is 14.2 Å². The lowest BCUT2D eigenvalue weighted by molar-refractivity contribution is 0.0601. The summed E-state index contributed by atoms with van der Waals surface area (Å²) in [7, 11) is 1.37. The number of ether oxygens (including phenoxy) is 3. The molecule has 0 aliphatic carbocycles. The summed E-state index contributed by atoms with van der Waals surface area (Å²) in [4.78, 5) is 11.6. The van der Waals surface area contributed by atoms with E-state index in [1.807, 2.05) is 30.3 Å². The van der Waals surface area contributed by atoms with Crippen LogP contribution in [0.5, 0.6) is 11.5 Å². The van der Waals surface area contributed by atoms with Gasteiger partial charge in [0.2, 0.25) is 0 Å². The first-order valence-corrected chi connectivity index (χ1v) is 7.35. The van der Waals surface area contributed by atoms with Gasteiger partial charge in [0.25, 0.3) is 0 Å². The molecule has 0 spiro atoms. The quantitative estimate of drug-likeness (QED) is 0.614. The van der Waals surface area contributed by atoms with Crippen LogP contribution in [0.15, 0.2) is 42.5 Å². The summed E-state index contributed by atoms with van der Waals surface area (Å²) in [5, 5.41) is -0.126. The smallest absolute Gasteiger partial charge is 0.337 e. The van der Waals surface area contributed by atoms with Gasteiger partial charge in [0.15, 0.2) is 16.5 Å². The Balaban J connectivity index is 1.96. The molecule has 21 heavy (non-hydrogen) atoms. The average Bonchev–Trinajstić information content (AvgIpc) is 2.53. The summed E-state index contributed by atoms with van der Waals surface area (Å²) in [5.41, 5.74) is 2.40. The van der Waals surface area contributed by atoms with E-state index in [1.165, 1.54) is 7.11 Å². The molecule has 1 heterocycles. The van der Waals surface area contributed by atoms with Crippen molar-refractivity contribution in [3.05, 3.63) is 48.0 Å². The summed E-state index contributed by atoms with van der Waals surface area (Å²) >= 11 is 3.36. The summed E-state index contributed by atoms with van der Waals surface area (Å²) < 4.78 is 16.0. The van der Waals surface area contributed by atoms with E-state index in [0.717, 1.165) is 11.1 Å². The number of hydrogen-bond donors (Lipinski definition) is 0. The lowest BCUT2D eigenvalue weighted by atomic mass is 10.0. The number of alkyl halides is 1. The fraction of sp³-hybridized carbons (Fsp3) is 0.188. The predicted octanol–water partition coefficient (Wildman–Crippen LogP) is 3.63. The molecule has 108 valence electrons. The van der Waals surface area contributed by atoms with Gasteiger partial charge in [0.05, 0.1) is 12.7 Å². The number of carbonyl (C=O) groups excluding carboxylic acids is 1. The molecule has 1 aliphatic heterocycles. The van der Waals surface area contributed by atoms with Crippen LogP contribution in [0.25, 0.3) is 11.1 Å². The Bertz CT molecular complexity index is 684. The van der Waals surface area contributed by atoms with Gasteiger partial charge in [0, 0.05) is 0 Å². The second kappa shape index (κ2) is 5.77. The number of rotatable bonds is 2. The zero-order chi connectivity index (χ0) is 14.8. The summed E-state index contributed by atoms with van der Waals surface area (Å²) in [6.07, 6.45) is 0. The lowest BCUT2D eigenvalue weighted by Gasteiger charge is -2.23. The van der Waals surface area contributed by atoms with Gasteiger partial charge >= 0.3 is 5.97 Å². The maximum absolute atomic E-state index is 11.6. The van der Waals surface area contributed by atoms with E-state index >= 15 is 0 Å². The minimum atomic E-state index is -0.350. The van der Waals surface area contributed by atoms with Crippen LogP contribution < -0.4 is 9.47 Å². The van der Waals surface area contributed by atoms with Crippen LogP contribution in [0.1, 0.15) is 10.4 Å². The number of halogens is 1. The molecule has 0 amide bonds. The molecule has 0 N–H and O–H groups in total. The Kier molecular flexibility index (Phi) is 3.84. The number of methoxy groups -OCH3 is 1. The highest BCUT2D eigenvalue weighted by molar-refractivity contribution is 9.09. The first-order valence-electron chi connectivity index (χ1n) is 6.43. The van der Waals surface area contributed by atoms with E-state index in [2.05, 4.69) is 15.9 Å². The zero-order valence-electron chi connectivity index (χ0n) is 11.3. The van der Waals surface area contributed by atoms with Crippen LogP contribution in [-0.2, 0) is 4.74 Å². The van der Waals surface area contributed by atoms with Crippen molar-refractivity contribution in [1.82, 2.24) is 0 Å². The van der Waals surface area contributed by atoms with Crippen molar-refractivity contribution < 1.29 is 19.0 Å². The molecule has 1 unspecified atom stereocenters. The van der Waals surface area contributed by atoms with Crippen molar-refractivity contribution in [3.8, 4) is 22.6 Å². The van der Waals surface area contributed by atoms with Crippen molar-refractivity contribution >= 4 is 21.9 Å². The van der Waals surface area contributed by atoms with Gasteiger partial charge in [-0.1, -0.05) is 18.2 Å². The van der Waals surface area contributed by atoms with Crippen molar-refractivity contribution in [2.24, 2.45) is 0 Å². The zero-order valence-corrected chi connectivity index (χ0v) is 12.9. The van der Waals surface area contributed by atoms with Crippen LogP contribution in [0.4, 0.5) is 0 Å². The third-order valence-electron chi connectivity index (χ3n) is 3.19. The van der Waals surface area contributed by atoms with Crippen LogP contribution in [0.2, 0.25) is 0 Å². The maximum atomic E-state index is 11.6. The van der Waals surface area contributed by atoms with E-state index < -0.39 is 0 Å². The minimum absolute atomic E-state index is 0.126. The van der Waals surface area contributed by atoms with Crippen molar-refractivity contribution in [3.63, 3.8) is 0 Å². The molecular weight excluding hydrogens is 336 g/mol. The second-order valence-electron chi connectivity index (χ2n) is 4.57. The van der Waals surface area contributed by atoms with Crippen LogP contribution in [0, 0.1) is 0 Å². The van der Waals surface area contributed by atoms with Gasteiger partial charge in [0.1, 0.15) is 6.61 Å². The number of hydrogen-bond acceptors (Lipinski definition) is 4. The van der Waals surface area contributed by atoms with E-state index in [9.17, 15) is 4.79 Å². The predicted molar refractivity (Wildman–Crippen MR) is 82.1 cm³/mol. The van der Waals surface area contributed by atoms with E-state index in [4.69, 9.17) is 14.2 Å². The first kappa shape index (κ1) is 13.9. The molecule has 2 aromatic carbocycles. The van der Waals surface area contributed by atoms with Gasteiger partial charge in [-0.25, -0.2) is 4.79 Å². The highest BCUT2D eigenvalue weighted by Crippen LogP contribution is 2.36. The van der Waals surface area contributed by atoms with E-state index in [0.29, 0.717) is 23.7 Å². The monoisotopic (exact) mass is 348 g/mol. The van der Waals surface area contributed by atoms with Gasteiger partial charge in [-0.3, -0.25) is 0 Å². The Morgan fingerprint density at radius 3 is 2.81 bits per heavy atom. The van der Waals surface area contributed by atoms with Gasteiger partial charge in [-0.2, -0.15) is 0 Å². The Morgan fingerprint density at radius 2 is 2.00 bits per heavy atom. The van der Waals surface area contributed by atoms with E-state index in [1.54, 1.807) is 12.1 Å². The second-order valence-corrected chi connectivity index (χ2v) is 5.59. The third kappa shape index (κ3) is 2.88. The van der Waals surface area contributed by atoms with E-state index in [-0.39, 0.29) is 11.0 Å². The van der Waals surface area contributed by atoms with Crippen molar-refractivity contribution in [2.45, 2.75) is 5.01 Å². The largest absolute Gasteiger partial charge is 0.485 e. The number of fused-ring (bicyclic) bond motifs is 1. The molecule has 0 aromatic heterocycles. The highest BCUT2D eigenvalue weighted by Gasteiger charge is 2.19. The van der Waals surface area contributed by atoms with Crippen LogP contribution >= 0.6 is 15.9 Å². The normalized spacial score (nSPS) is 16.4. The molecule has 0 bridgehead atoms. The lowest BCUT2D eigenvalue weighted by Crippen LogP contribution is -2.22. The molecule has 0 fully saturated rings. The summed E-state index contributed by atoms with van der Waals surface area (Å²) in [5.74, 6) is 1.05. The fourth-order valence-corrected chi connectivity index (χ4v) is 2.50. The SMILES string of the molecule is COC(=O)c1cccc(-c2ccc3c(c2)OCC(Br)O3)c1. The van der Waals surface area contributed by atoms with Crippen LogP contribution in [0.3, 0.4) is 0 Å². The van der Waals surface area contributed by atoms with Crippen molar-refractivity contribution in [1.29, 1.82) is 0 Å². The minimum Gasteiger partial charge on any atom is -0.485 e. The molecule has 1 atom stereocenters. The Labute approximate surface area is 130 Å². The fourth-order valence-electron chi connectivity index (χ4n) is 2.17. The third-order valence-corrected chi connectivity index (χ3v) is 3.64. The molecule has 4 nitrogen and oxygen atoms in total. The molecule has 2 aromatic rings. The number of carbonyl (C=O) groups is 1. The highest BCUT2D eigenvalue weighted by atomic mass is 79.9. The molecule has 3 rings (SSSR count). The average molecular weight is 349 g/mol. The maximum Gasteiger partial charge on any atom is 0.337 e. The van der Waals surface area contributed by atoms with Crippen molar-refractivity contribution in [2.75, 3.05) is 13.7 Å². The topological polar surface area (TPSA) is 44.8 Å². The number of benzene rings is 2. The molecule has 5 heteroatoms. The standard InChI is InChI=1S/C16H13BrO4/c1-19-16(18)12-4-2-3-10(7-12)11-5-6-13-14(8-11)20-9-15(17)21-13/h2-8,15H,9H2,1H3. The summed E-state index contributed by atoms with van der Waals surface area (Å²) in [6, 6.07) is 13.0. The molecule has 1 aliphatic rings. The molecule has 0 radical (unpaired) electrons. The number of esters is 1. The Hall–Kier alpha value is -2.01. The molecule has 0 saturated heterocycles. The Morgan fingerprint density at radius 1 is 1.19 bits per heavy atom.